The van der Waals surface area contributed by atoms with E-state index < -0.39 is 16.8 Å². The summed E-state index contributed by atoms with van der Waals surface area (Å²) in [4.78, 5) is 33.7. The first kappa shape index (κ1) is 19.2. The minimum absolute atomic E-state index is 0.118. The highest BCUT2D eigenvalue weighted by Crippen LogP contribution is 2.26. The Labute approximate surface area is 153 Å². The van der Waals surface area contributed by atoms with Gasteiger partial charge in [-0.05, 0) is 37.3 Å². The van der Waals surface area contributed by atoms with Crippen LogP contribution in [0, 0.1) is 10.1 Å². The quantitative estimate of drug-likeness (QED) is 0.449. The summed E-state index contributed by atoms with van der Waals surface area (Å²) in [5.74, 6) is -0.614. The molecule has 0 unspecified atom stereocenters. The average Bonchev–Trinajstić information content (AvgIpc) is 2.62. The number of hydrogen-bond acceptors (Lipinski definition) is 6. The summed E-state index contributed by atoms with van der Waals surface area (Å²) in [6, 6.07) is 9.81. The van der Waals surface area contributed by atoms with Gasteiger partial charge in [-0.1, -0.05) is 11.6 Å². The molecule has 2 rings (SSSR count). The van der Waals surface area contributed by atoms with Crippen molar-refractivity contribution in [2.75, 3.05) is 18.5 Å². The molecule has 0 aliphatic carbocycles. The molecule has 1 amide bonds. The Morgan fingerprint density at radius 3 is 2.50 bits per heavy atom. The molecule has 0 fully saturated rings. The number of benzene rings is 2. The monoisotopic (exact) mass is 378 g/mol. The highest BCUT2D eigenvalue weighted by atomic mass is 35.5. The van der Waals surface area contributed by atoms with Crippen LogP contribution >= 0.6 is 11.6 Å². The van der Waals surface area contributed by atoms with Gasteiger partial charge in [0, 0.05) is 12.1 Å². The zero-order chi connectivity index (χ0) is 19.1. The number of non-ortho nitro benzene ring substituents is 1. The average molecular weight is 379 g/mol. The predicted molar refractivity (Wildman–Crippen MR) is 94.6 cm³/mol. The van der Waals surface area contributed by atoms with E-state index in [0.717, 1.165) is 6.07 Å². The Balaban J connectivity index is 1.94. The van der Waals surface area contributed by atoms with E-state index in [1.807, 2.05) is 0 Å². The zero-order valence-corrected chi connectivity index (χ0v) is 14.5. The van der Waals surface area contributed by atoms with Crippen LogP contribution in [0.2, 0.25) is 5.02 Å². The number of carbonyl (C=O) groups is 2. The number of ether oxygens (including phenoxy) is 2. The highest BCUT2D eigenvalue weighted by molar-refractivity contribution is 6.33. The van der Waals surface area contributed by atoms with Crippen LogP contribution in [-0.4, -0.2) is 30.0 Å². The number of nitro groups is 1. The summed E-state index contributed by atoms with van der Waals surface area (Å²) in [5.41, 5.74) is 0.291. The Kier molecular flexibility index (Phi) is 6.51. The molecule has 0 bridgehead atoms. The SMILES string of the molecule is CCOC(=O)c1ccc(OCC(=O)Nc2cc([N+](=O)[O-])ccc2Cl)cc1. The molecule has 0 heterocycles. The Hall–Kier alpha value is -3.13. The number of halogens is 1. The fourth-order valence-electron chi connectivity index (χ4n) is 1.96. The third kappa shape index (κ3) is 5.18. The molecule has 1 N–H and O–H groups in total. The number of nitrogens with zero attached hydrogens (tertiary/aromatic N) is 1. The van der Waals surface area contributed by atoms with Crippen LogP contribution in [0.25, 0.3) is 0 Å². The molecule has 0 radical (unpaired) electrons. The number of esters is 1. The summed E-state index contributed by atoms with van der Waals surface area (Å²) in [5, 5.41) is 13.4. The smallest absolute Gasteiger partial charge is 0.338 e. The third-order valence-corrected chi connectivity index (χ3v) is 3.50. The largest absolute Gasteiger partial charge is 0.484 e. The van der Waals surface area contributed by atoms with Crippen molar-refractivity contribution >= 4 is 34.9 Å². The molecule has 136 valence electrons. The standard InChI is InChI=1S/C17H15ClN2O6/c1-2-25-17(22)11-3-6-13(7-4-11)26-10-16(21)19-15-9-12(20(23)24)5-8-14(15)18/h3-9H,2,10H2,1H3,(H,19,21). The Morgan fingerprint density at radius 2 is 1.88 bits per heavy atom. The van der Waals surface area contributed by atoms with Crippen LogP contribution in [0.5, 0.6) is 5.75 Å². The van der Waals surface area contributed by atoms with E-state index in [-0.39, 0.29) is 29.6 Å². The van der Waals surface area contributed by atoms with Crippen molar-refractivity contribution in [3.05, 3.63) is 63.2 Å². The van der Waals surface area contributed by atoms with E-state index in [4.69, 9.17) is 21.1 Å². The van der Waals surface area contributed by atoms with Gasteiger partial charge in [0.1, 0.15) is 5.75 Å². The molecule has 0 atom stereocenters. The first-order chi connectivity index (χ1) is 12.4. The van der Waals surface area contributed by atoms with E-state index in [2.05, 4.69) is 5.32 Å². The molecule has 0 aromatic heterocycles. The number of rotatable bonds is 7. The summed E-state index contributed by atoms with van der Waals surface area (Å²) in [6.07, 6.45) is 0. The van der Waals surface area contributed by atoms with Gasteiger partial charge in [-0.2, -0.15) is 0 Å². The van der Waals surface area contributed by atoms with Crippen molar-refractivity contribution in [2.24, 2.45) is 0 Å². The fourth-order valence-corrected chi connectivity index (χ4v) is 2.12. The van der Waals surface area contributed by atoms with Gasteiger partial charge in [0.2, 0.25) is 0 Å². The first-order valence-corrected chi connectivity index (χ1v) is 7.92. The molecule has 0 spiro atoms. The van der Waals surface area contributed by atoms with Gasteiger partial charge < -0.3 is 14.8 Å². The molecule has 2 aromatic carbocycles. The van der Waals surface area contributed by atoms with E-state index in [9.17, 15) is 19.7 Å². The number of anilines is 1. The van der Waals surface area contributed by atoms with E-state index in [0.29, 0.717) is 11.3 Å². The van der Waals surface area contributed by atoms with Gasteiger partial charge in [0.25, 0.3) is 11.6 Å². The molecular weight excluding hydrogens is 364 g/mol. The molecule has 0 saturated heterocycles. The Morgan fingerprint density at radius 1 is 1.19 bits per heavy atom. The lowest BCUT2D eigenvalue weighted by Crippen LogP contribution is -2.20. The topological polar surface area (TPSA) is 108 Å². The first-order valence-electron chi connectivity index (χ1n) is 7.54. The van der Waals surface area contributed by atoms with E-state index in [1.54, 1.807) is 6.92 Å². The molecule has 0 aliphatic heterocycles. The highest BCUT2D eigenvalue weighted by Gasteiger charge is 2.13. The van der Waals surface area contributed by atoms with E-state index in [1.165, 1.54) is 36.4 Å². The molecule has 0 aliphatic rings. The summed E-state index contributed by atoms with van der Waals surface area (Å²) in [7, 11) is 0. The van der Waals surface area contributed by atoms with Crippen molar-refractivity contribution in [1.29, 1.82) is 0 Å². The second-order valence-electron chi connectivity index (χ2n) is 5.00. The van der Waals surface area contributed by atoms with Crippen molar-refractivity contribution in [3.63, 3.8) is 0 Å². The van der Waals surface area contributed by atoms with Gasteiger partial charge in [0.15, 0.2) is 6.61 Å². The lowest BCUT2D eigenvalue weighted by atomic mass is 10.2. The van der Waals surface area contributed by atoms with Crippen molar-refractivity contribution in [1.82, 2.24) is 0 Å². The van der Waals surface area contributed by atoms with Crippen molar-refractivity contribution in [2.45, 2.75) is 6.92 Å². The second-order valence-corrected chi connectivity index (χ2v) is 5.41. The van der Waals surface area contributed by atoms with Gasteiger partial charge in [-0.25, -0.2) is 4.79 Å². The zero-order valence-electron chi connectivity index (χ0n) is 13.7. The minimum atomic E-state index is -0.590. The van der Waals surface area contributed by atoms with Crippen LogP contribution in [-0.2, 0) is 9.53 Å². The van der Waals surface area contributed by atoms with Crippen molar-refractivity contribution < 1.29 is 24.0 Å². The fraction of sp³-hybridized carbons (Fsp3) is 0.176. The van der Waals surface area contributed by atoms with Crippen LogP contribution in [0.4, 0.5) is 11.4 Å². The maximum absolute atomic E-state index is 11.9. The number of nitro benzene ring substituents is 1. The van der Waals surface area contributed by atoms with Gasteiger partial charge in [0.05, 0.1) is 27.8 Å². The summed E-state index contributed by atoms with van der Waals surface area (Å²) in [6.45, 7) is 1.65. The lowest BCUT2D eigenvalue weighted by Gasteiger charge is -2.09. The second kappa shape index (κ2) is 8.82. The summed E-state index contributed by atoms with van der Waals surface area (Å²) >= 11 is 5.91. The van der Waals surface area contributed by atoms with Crippen LogP contribution < -0.4 is 10.1 Å². The molecule has 26 heavy (non-hydrogen) atoms. The normalized spacial score (nSPS) is 10.1. The van der Waals surface area contributed by atoms with E-state index >= 15 is 0 Å². The number of amides is 1. The van der Waals surface area contributed by atoms with Gasteiger partial charge in [-0.15, -0.1) is 0 Å². The lowest BCUT2D eigenvalue weighted by molar-refractivity contribution is -0.384. The predicted octanol–water partition coefficient (Wildman–Crippen LogP) is 3.44. The van der Waals surface area contributed by atoms with Crippen LogP contribution in [0.1, 0.15) is 17.3 Å². The molecule has 8 nitrogen and oxygen atoms in total. The molecule has 9 heteroatoms. The molecule has 2 aromatic rings. The maximum atomic E-state index is 11.9. The molecule has 0 saturated carbocycles. The minimum Gasteiger partial charge on any atom is -0.484 e. The third-order valence-electron chi connectivity index (χ3n) is 3.17. The maximum Gasteiger partial charge on any atom is 0.338 e. The Bertz CT molecular complexity index is 823. The van der Waals surface area contributed by atoms with Crippen molar-refractivity contribution in [3.8, 4) is 5.75 Å². The van der Waals surface area contributed by atoms with Crippen LogP contribution in [0.3, 0.4) is 0 Å². The number of nitrogens with one attached hydrogen (secondary N) is 1. The van der Waals surface area contributed by atoms with Gasteiger partial charge in [-0.3, -0.25) is 14.9 Å². The number of hydrogen-bond donors (Lipinski definition) is 1. The molecular formula is C17H15ClN2O6. The number of carbonyl (C=O) groups excluding carboxylic acids is 2. The van der Waals surface area contributed by atoms with Gasteiger partial charge >= 0.3 is 5.97 Å². The summed E-state index contributed by atoms with van der Waals surface area (Å²) < 4.78 is 10.2. The van der Waals surface area contributed by atoms with Crippen LogP contribution in [0.15, 0.2) is 42.5 Å².